The molecule has 2 aromatic rings. The Morgan fingerprint density at radius 2 is 1.93 bits per heavy atom. The molecule has 30 heavy (non-hydrogen) atoms. The highest BCUT2D eigenvalue weighted by molar-refractivity contribution is 7.89. The van der Waals surface area contributed by atoms with Gasteiger partial charge in [0.2, 0.25) is 10.0 Å². The van der Waals surface area contributed by atoms with E-state index in [2.05, 4.69) is 10.3 Å². The van der Waals surface area contributed by atoms with Gasteiger partial charge in [-0.2, -0.15) is 4.31 Å². The van der Waals surface area contributed by atoms with Gasteiger partial charge in [-0.1, -0.05) is 19.1 Å². The second-order valence-electron chi connectivity index (χ2n) is 7.96. The van der Waals surface area contributed by atoms with Crippen molar-refractivity contribution in [2.24, 2.45) is 0 Å². The molecule has 2 aliphatic rings. The van der Waals surface area contributed by atoms with E-state index < -0.39 is 21.7 Å². The Balaban J connectivity index is 1.36. The highest BCUT2D eigenvalue weighted by atomic mass is 32.2. The molecule has 3 heterocycles. The predicted molar refractivity (Wildman–Crippen MR) is 114 cm³/mol. The summed E-state index contributed by atoms with van der Waals surface area (Å²) < 4.78 is 33.7. The number of amides is 1. The van der Waals surface area contributed by atoms with Gasteiger partial charge in [0.25, 0.3) is 5.91 Å². The molecule has 2 aliphatic heterocycles. The number of carbonyl (C=O) groups excluding carboxylic acids is 1. The van der Waals surface area contributed by atoms with Gasteiger partial charge in [0, 0.05) is 19.3 Å². The number of benzene rings is 1. The zero-order valence-corrected chi connectivity index (χ0v) is 17.9. The first kappa shape index (κ1) is 21.0. The summed E-state index contributed by atoms with van der Waals surface area (Å²) in [6, 6.07) is 10.6. The third-order valence-corrected chi connectivity index (χ3v) is 7.99. The van der Waals surface area contributed by atoms with Crippen LogP contribution in [0, 0.1) is 0 Å². The molecule has 1 N–H and O–H groups in total. The number of nitrogens with zero attached hydrogens (tertiary/aromatic N) is 2. The van der Waals surface area contributed by atoms with Gasteiger partial charge in [0.05, 0.1) is 22.4 Å². The Morgan fingerprint density at radius 1 is 1.20 bits per heavy atom. The number of sulfonamides is 1. The number of hydrogen-bond acceptors (Lipinski definition) is 5. The van der Waals surface area contributed by atoms with Crippen LogP contribution in [-0.2, 0) is 26.0 Å². The molecule has 0 bridgehead atoms. The zero-order valence-electron chi connectivity index (χ0n) is 17.1. The fraction of sp³-hybridized carbons (Fsp3) is 0.455. The number of aromatic nitrogens is 1. The van der Waals surface area contributed by atoms with Crippen molar-refractivity contribution < 1.29 is 17.9 Å². The van der Waals surface area contributed by atoms with E-state index in [9.17, 15) is 13.2 Å². The summed E-state index contributed by atoms with van der Waals surface area (Å²) in [5, 5.41) is 2.84. The third-order valence-electron chi connectivity index (χ3n) is 6.08. The quantitative estimate of drug-likeness (QED) is 0.789. The van der Waals surface area contributed by atoms with Gasteiger partial charge in [-0.15, -0.1) is 0 Å². The summed E-state index contributed by atoms with van der Waals surface area (Å²) in [5.41, 5.74) is 1.33. The number of hydrogen-bond donors (Lipinski definition) is 1. The topological polar surface area (TPSA) is 88.6 Å². The predicted octanol–water partition coefficient (Wildman–Crippen LogP) is 2.99. The van der Waals surface area contributed by atoms with Crippen molar-refractivity contribution in [2.45, 2.75) is 55.6 Å². The van der Waals surface area contributed by atoms with E-state index in [0.717, 1.165) is 18.4 Å². The van der Waals surface area contributed by atoms with Crippen molar-refractivity contribution in [1.82, 2.24) is 9.29 Å². The molecule has 1 spiro atoms. The molecule has 1 atom stereocenters. The Hall–Kier alpha value is -2.29. The maximum atomic E-state index is 13.0. The Morgan fingerprint density at radius 3 is 2.57 bits per heavy atom. The second-order valence-corrected chi connectivity index (χ2v) is 9.90. The number of ether oxygens (including phenoxy) is 1. The first-order valence-electron chi connectivity index (χ1n) is 10.4. The average molecular weight is 430 g/mol. The van der Waals surface area contributed by atoms with E-state index in [-0.39, 0.29) is 5.91 Å². The highest BCUT2D eigenvalue weighted by Gasteiger charge is 2.46. The molecule has 0 radical (unpaired) electrons. The van der Waals surface area contributed by atoms with Crippen molar-refractivity contribution in [3.63, 3.8) is 0 Å². The molecule has 0 saturated carbocycles. The van der Waals surface area contributed by atoms with Gasteiger partial charge < -0.3 is 10.1 Å². The van der Waals surface area contributed by atoms with Gasteiger partial charge in [0.15, 0.2) is 0 Å². The molecule has 1 unspecified atom stereocenters. The molecule has 7 nitrogen and oxygen atoms in total. The van der Waals surface area contributed by atoms with Crippen LogP contribution in [0.2, 0.25) is 0 Å². The van der Waals surface area contributed by atoms with Crippen LogP contribution in [0.5, 0.6) is 0 Å². The number of pyridine rings is 1. The van der Waals surface area contributed by atoms with Crippen LogP contribution in [0.15, 0.2) is 53.7 Å². The molecule has 160 valence electrons. The van der Waals surface area contributed by atoms with Gasteiger partial charge in [-0.3, -0.25) is 9.78 Å². The number of carbonyl (C=O) groups is 1. The van der Waals surface area contributed by atoms with Crippen LogP contribution in [0.3, 0.4) is 0 Å². The lowest BCUT2D eigenvalue weighted by Crippen LogP contribution is -2.47. The minimum Gasteiger partial charge on any atom is -0.362 e. The molecule has 2 fully saturated rings. The second kappa shape index (κ2) is 8.45. The molecule has 8 heteroatoms. The fourth-order valence-electron chi connectivity index (χ4n) is 4.21. The van der Waals surface area contributed by atoms with Crippen molar-refractivity contribution in [3.05, 3.63) is 54.4 Å². The van der Waals surface area contributed by atoms with Gasteiger partial charge >= 0.3 is 0 Å². The summed E-state index contributed by atoms with van der Waals surface area (Å²) in [6.07, 6.45) is 6.19. The zero-order chi connectivity index (χ0) is 21.2. The maximum Gasteiger partial charge on any atom is 0.253 e. The summed E-state index contributed by atoms with van der Waals surface area (Å²) >= 11 is 0. The van der Waals surface area contributed by atoms with Gasteiger partial charge in [0.1, 0.15) is 6.10 Å². The van der Waals surface area contributed by atoms with Crippen LogP contribution in [0.25, 0.3) is 0 Å². The average Bonchev–Trinajstić information content (AvgIpc) is 3.18. The van der Waals surface area contributed by atoms with E-state index in [4.69, 9.17) is 4.74 Å². The molecule has 1 aromatic heterocycles. The van der Waals surface area contributed by atoms with Crippen LogP contribution >= 0.6 is 0 Å². The van der Waals surface area contributed by atoms with Crippen molar-refractivity contribution in [3.8, 4) is 0 Å². The number of nitrogens with one attached hydrogen (secondary N) is 1. The van der Waals surface area contributed by atoms with E-state index in [0.29, 0.717) is 42.9 Å². The van der Waals surface area contributed by atoms with Crippen LogP contribution in [0.1, 0.15) is 38.2 Å². The number of anilines is 1. The Bertz CT molecular complexity index is 985. The first-order chi connectivity index (χ1) is 14.4. The minimum absolute atomic E-state index is 0.175. The minimum atomic E-state index is -3.51. The van der Waals surface area contributed by atoms with E-state index >= 15 is 0 Å². The smallest absolute Gasteiger partial charge is 0.253 e. The normalized spacial score (nSPS) is 21.6. The van der Waals surface area contributed by atoms with Crippen molar-refractivity contribution in [2.75, 3.05) is 18.4 Å². The largest absolute Gasteiger partial charge is 0.362 e. The molecule has 2 saturated heterocycles. The molecule has 1 amide bonds. The fourth-order valence-corrected chi connectivity index (χ4v) is 5.65. The number of piperidine rings is 1. The van der Waals surface area contributed by atoms with E-state index in [1.54, 1.807) is 36.7 Å². The highest BCUT2D eigenvalue weighted by Crippen LogP contribution is 2.40. The Kier molecular flexibility index (Phi) is 5.90. The van der Waals surface area contributed by atoms with Gasteiger partial charge in [-0.05, 0) is 61.9 Å². The summed E-state index contributed by atoms with van der Waals surface area (Å²) in [5.74, 6) is -0.175. The van der Waals surface area contributed by atoms with Crippen LogP contribution in [0.4, 0.5) is 5.69 Å². The summed E-state index contributed by atoms with van der Waals surface area (Å²) in [4.78, 5) is 16.9. The molecular formula is C22H27N3O4S. The third kappa shape index (κ3) is 4.26. The SMILES string of the molecule is CCc1ccc(S(=O)(=O)N2CCC3(CCC(C(=O)Nc4cccnc4)O3)CC2)cc1. The maximum absolute atomic E-state index is 13.0. The molecule has 4 rings (SSSR count). The van der Waals surface area contributed by atoms with Crippen molar-refractivity contribution in [1.29, 1.82) is 0 Å². The van der Waals surface area contributed by atoms with Crippen LogP contribution in [-0.4, -0.2) is 48.4 Å². The summed E-state index contributed by atoms with van der Waals surface area (Å²) in [7, 11) is -3.51. The lowest BCUT2D eigenvalue weighted by molar-refractivity contribution is -0.134. The van der Waals surface area contributed by atoms with Crippen molar-refractivity contribution >= 4 is 21.6 Å². The van der Waals surface area contributed by atoms with Gasteiger partial charge in [-0.25, -0.2) is 8.42 Å². The number of aryl methyl sites for hydroxylation is 1. The van der Waals surface area contributed by atoms with E-state index in [1.807, 2.05) is 19.1 Å². The van der Waals surface area contributed by atoms with Crippen LogP contribution < -0.4 is 5.32 Å². The standard InChI is InChI=1S/C22H27N3O4S/c1-2-17-5-7-19(8-6-17)30(27,28)25-14-11-22(12-15-25)10-9-20(29-22)21(26)24-18-4-3-13-23-16-18/h3-8,13,16,20H,2,9-12,14-15H2,1H3,(H,24,26). The molecular weight excluding hydrogens is 402 g/mol. The lowest BCUT2D eigenvalue weighted by atomic mass is 9.89. The molecule has 0 aliphatic carbocycles. The first-order valence-corrected chi connectivity index (χ1v) is 11.8. The summed E-state index contributed by atoms with van der Waals surface area (Å²) in [6.45, 7) is 2.84. The molecule has 1 aromatic carbocycles. The lowest BCUT2D eigenvalue weighted by Gasteiger charge is -2.38. The number of rotatable bonds is 5. The monoisotopic (exact) mass is 429 g/mol. The van der Waals surface area contributed by atoms with E-state index in [1.165, 1.54) is 4.31 Å². The Labute approximate surface area is 177 Å².